The molecule has 1 fully saturated rings. The molecule has 0 spiro atoms. The van der Waals surface area contributed by atoms with Crippen molar-refractivity contribution in [1.82, 2.24) is 4.98 Å². The van der Waals surface area contributed by atoms with Gasteiger partial charge in [-0.25, -0.2) is 0 Å². The molecule has 0 aliphatic carbocycles. The average Bonchev–Trinajstić information content (AvgIpc) is 2.47. The van der Waals surface area contributed by atoms with Gasteiger partial charge in [-0.05, 0) is 39.3 Å². The lowest BCUT2D eigenvalue weighted by Crippen LogP contribution is -2.41. The first kappa shape index (κ1) is 10.4. The van der Waals surface area contributed by atoms with Crippen molar-refractivity contribution in [2.24, 2.45) is 0 Å². The highest BCUT2D eigenvalue weighted by Crippen LogP contribution is 2.29. The molecule has 82 valence electrons. The van der Waals surface area contributed by atoms with E-state index in [9.17, 15) is 0 Å². The normalized spacial score (nSPS) is 30.5. The number of rotatable bonds is 2. The Kier molecular flexibility index (Phi) is 2.65. The van der Waals surface area contributed by atoms with Crippen LogP contribution in [-0.2, 0) is 4.74 Å². The van der Waals surface area contributed by atoms with E-state index < -0.39 is 0 Å². The summed E-state index contributed by atoms with van der Waals surface area (Å²) in [4.78, 5) is 4.18. The van der Waals surface area contributed by atoms with Crippen LogP contribution in [0.4, 0.5) is 5.69 Å². The highest BCUT2D eigenvalue weighted by Gasteiger charge is 2.36. The van der Waals surface area contributed by atoms with Crippen molar-refractivity contribution >= 4 is 5.69 Å². The van der Waals surface area contributed by atoms with Crippen LogP contribution in [0.25, 0.3) is 0 Å². The van der Waals surface area contributed by atoms with Crippen molar-refractivity contribution < 1.29 is 4.74 Å². The standard InChI is InChI=1S/C12H18N2O/c1-9-8-11(4-6-13-9)14-12(3)5-7-15-10(12)2/h4,6,8,10H,5,7H2,1-3H3,(H,13,14). The molecule has 0 bridgehead atoms. The van der Waals surface area contributed by atoms with Gasteiger partial charge in [-0.15, -0.1) is 0 Å². The van der Waals surface area contributed by atoms with Crippen molar-refractivity contribution in [3.05, 3.63) is 24.0 Å². The molecule has 1 aliphatic rings. The Morgan fingerprint density at radius 2 is 2.40 bits per heavy atom. The Balaban J connectivity index is 2.14. The molecule has 1 saturated heterocycles. The number of nitrogens with zero attached hydrogens (tertiary/aromatic N) is 1. The van der Waals surface area contributed by atoms with Gasteiger partial charge in [0.25, 0.3) is 0 Å². The lowest BCUT2D eigenvalue weighted by atomic mass is 9.94. The quantitative estimate of drug-likeness (QED) is 0.806. The minimum atomic E-state index is 0.0494. The topological polar surface area (TPSA) is 34.1 Å². The second kappa shape index (κ2) is 3.81. The molecule has 2 rings (SSSR count). The maximum Gasteiger partial charge on any atom is 0.0774 e. The number of ether oxygens (including phenoxy) is 1. The van der Waals surface area contributed by atoms with E-state index in [4.69, 9.17) is 4.74 Å². The Hall–Kier alpha value is -1.09. The molecule has 2 unspecified atom stereocenters. The smallest absolute Gasteiger partial charge is 0.0774 e. The third kappa shape index (κ3) is 2.12. The summed E-state index contributed by atoms with van der Waals surface area (Å²) in [6.07, 6.45) is 3.14. The van der Waals surface area contributed by atoms with Gasteiger partial charge < -0.3 is 10.1 Å². The van der Waals surface area contributed by atoms with Crippen LogP contribution in [0.1, 0.15) is 26.0 Å². The zero-order chi connectivity index (χ0) is 10.9. The van der Waals surface area contributed by atoms with Gasteiger partial charge in [-0.2, -0.15) is 0 Å². The number of aromatic nitrogens is 1. The lowest BCUT2D eigenvalue weighted by molar-refractivity contribution is 0.105. The summed E-state index contributed by atoms with van der Waals surface area (Å²) in [5.74, 6) is 0. The molecule has 0 amide bonds. The molecular formula is C12H18N2O. The molecular weight excluding hydrogens is 188 g/mol. The summed E-state index contributed by atoms with van der Waals surface area (Å²) >= 11 is 0. The van der Waals surface area contributed by atoms with Crippen molar-refractivity contribution in [1.29, 1.82) is 0 Å². The number of nitrogens with one attached hydrogen (secondary N) is 1. The largest absolute Gasteiger partial charge is 0.377 e. The second-order valence-electron chi connectivity index (χ2n) is 4.49. The Bertz CT molecular complexity index is 353. The van der Waals surface area contributed by atoms with E-state index in [-0.39, 0.29) is 11.6 Å². The summed E-state index contributed by atoms with van der Waals surface area (Å²) in [5.41, 5.74) is 2.21. The predicted octanol–water partition coefficient (Wildman–Crippen LogP) is 2.37. The summed E-state index contributed by atoms with van der Waals surface area (Å²) in [6, 6.07) is 4.07. The van der Waals surface area contributed by atoms with Crippen molar-refractivity contribution in [2.45, 2.75) is 38.8 Å². The summed E-state index contributed by atoms with van der Waals surface area (Å²) in [6.45, 7) is 7.17. The Morgan fingerprint density at radius 1 is 1.60 bits per heavy atom. The Morgan fingerprint density at radius 3 is 3.00 bits per heavy atom. The van der Waals surface area contributed by atoms with Crippen molar-refractivity contribution in [3.63, 3.8) is 0 Å². The first-order valence-corrected chi connectivity index (χ1v) is 5.43. The van der Waals surface area contributed by atoms with Gasteiger partial charge in [-0.1, -0.05) is 0 Å². The van der Waals surface area contributed by atoms with Crippen LogP contribution in [-0.4, -0.2) is 23.2 Å². The fourth-order valence-electron chi connectivity index (χ4n) is 1.95. The van der Waals surface area contributed by atoms with E-state index >= 15 is 0 Å². The average molecular weight is 206 g/mol. The molecule has 0 aromatic carbocycles. The third-order valence-electron chi connectivity index (χ3n) is 3.21. The number of hydrogen-bond acceptors (Lipinski definition) is 3. The number of anilines is 1. The van der Waals surface area contributed by atoms with Gasteiger partial charge in [0.1, 0.15) is 0 Å². The zero-order valence-electron chi connectivity index (χ0n) is 9.58. The van der Waals surface area contributed by atoms with Crippen LogP contribution in [0.3, 0.4) is 0 Å². The Labute approximate surface area is 90.9 Å². The lowest BCUT2D eigenvalue weighted by Gasteiger charge is -2.30. The van der Waals surface area contributed by atoms with E-state index in [2.05, 4.69) is 30.2 Å². The summed E-state index contributed by atoms with van der Waals surface area (Å²) in [5, 5.41) is 3.54. The molecule has 1 aromatic rings. The first-order valence-electron chi connectivity index (χ1n) is 5.43. The molecule has 1 aromatic heterocycles. The van der Waals surface area contributed by atoms with Gasteiger partial charge in [-0.3, -0.25) is 4.98 Å². The van der Waals surface area contributed by atoms with Gasteiger partial charge in [0.2, 0.25) is 0 Å². The molecule has 0 saturated carbocycles. The fraction of sp³-hybridized carbons (Fsp3) is 0.583. The summed E-state index contributed by atoms with van der Waals surface area (Å²) in [7, 11) is 0. The molecule has 3 nitrogen and oxygen atoms in total. The molecule has 3 heteroatoms. The van der Waals surface area contributed by atoms with E-state index in [1.165, 1.54) is 0 Å². The minimum absolute atomic E-state index is 0.0494. The second-order valence-corrected chi connectivity index (χ2v) is 4.49. The van der Waals surface area contributed by atoms with E-state index in [0.717, 1.165) is 24.4 Å². The SMILES string of the molecule is Cc1cc(NC2(C)CCOC2C)ccn1. The maximum absolute atomic E-state index is 5.59. The molecule has 0 radical (unpaired) electrons. The van der Waals surface area contributed by atoms with Gasteiger partial charge in [0.15, 0.2) is 0 Å². The molecule has 2 heterocycles. The van der Waals surface area contributed by atoms with Gasteiger partial charge in [0.05, 0.1) is 11.6 Å². The first-order chi connectivity index (χ1) is 7.10. The van der Waals surface area contributed by atoms with E-state index in [1.807, 2.05) is 19.2 Å². The monoisotopic (exact) mass is 206 g/mol. The van der Waals surface area contributed by atoms with Crippen LogP contribution in [0.2, 0.25) is 0 Å². The highest BCUT2D eigenvalue weighted by molar-refractivity contribution is 5.46. The van der Waals surface area contributed by atoms with Crippen LogP contribution in [0.15, 0.2) is 18.3 Å². The summed E-state index contributed by atoms with van der Waals surface area (Å²) < 4.78 is 5.59. The third-order valence-corrected chi connectivity index (χ3v) is 3.21. The highest BCUT2D eigenvalue weighted by atomic mass is 16.5. The van der Waals surface area contributed by atoms with Crippen LogP contribution in [0, 0.1) is 6.92 Å². The minimum Gasteiger partial charge on any atom is -0.377 e. The van der Waals surface area contributed by atoms with Gasteiger partial charge >= 0.3 is 0 Å². The number of pyridine rings is 1. The van der Waals surface area contributed by atoms with E-state index in [1.54, 1.807) is 0 Å². The fourth-order valence-corrected chi connectivity index (χ4v) is 1.95. The molecule has 1 aliphatic heterocycles. The van der Waals surface area contributed by atoms with Crippen LogP contribution >= 0.6 is 0 Å². The van der Waals surface area contributed by atoms with Crippen molar-refractivity contribution in [2.75, 3.05) is 11.9 Å². The van der Waals surface area contributed by atoms with Crippen LogP contribution in [0.5, 0.6) is 0 Å². The number of aryl methyl sites for hydroxylation is 1. The van der Waals surface area contributed by atoms with Gasteiger partial charge in [0, 0.05) is 24.2 Å². The molecule has 2 atom stereocenters. The zero-order valence-corrected chi connectivity index (χ0v) is 9.58. The van der Waals surface area contributed by atoms with Crippen LogP contribution < -0.4 is 5.32 Å². The molecule has 15 heavy (non-hydrogen) atoms. The number of hydrogen-bond donors (Lipinski definition) is 1. The molecule has 1 N–H and O–H groups in total. The van der Waals surface area contributed by atoms with Crippen molar-refractivity contribution in [3.8, 4) is 0 Å². The maximum atomic E-state index is 5.59. The predicted molar refractivity (Wildman–Crippen MR) is 61.0 cm³/mol. The van der Waals surface area contributed by atoms with E-state index in [0.29, 0.717) is 0 Å².